The van der Waals surface area contributed by atoms with Crippen LogP contribution in [0.15, 0.2) is 24.3 Å². The fraction of sp³-hybridized carbons (Fsp3) is 0.571. The molecular weight excluding hydrogens is 212 g/mol. The number of hydrogen-bond acceptors (Lipinski definition) is 3. The average Bonchev–Trinajstić information content (AvgIpc) is 2.34. The molecule has 1 rings (SSSR count). The van der Waals surface area contributed by atoms with E-state index >= 15 is 0 Å². The van der Waals surface area contributed by atoms with Crippen LogP contribution >= 0.6 is 0 Å². The Morgan fingerprint density at radius 3 is 2.41 bits per heavy atom. The van der Waals surface area contributed by atoms with Crippen molar-refractivity contribution in [3.8, 4) is 5.75 Å². The Bertz CT molecular complexity index is 309. The molecule has 1 atom stereocenters. The number of hydrogen-bond donors (Lipinski definition) is 2. The summed E-state index contributed by atoms with van der Waals surface area (Å²) in [5.41, 5.74) is 7.06. The van der Waals surface area contributed by atoms with Crippen LogP contribution in [-0.4, -0.2) is 19.2 Å². The Kier molecular flexibility index (Phi) is 5.84. The summed E-state index contributed by atoms with van der Waals surface area (Å²) in [5.74, 6) is 1.42. The summed E-state index contributed by atoms with van der Waals surface area (Å²) < 4.78 is 5.52. The van der Waals surface area contributed by atoms with Crippen molar-refractivity contribution in [1.82, 2.24) is 0 Å². The molecule has 0 saturated heterocycles. The van der Waals surface area contributed by atoms with E-state index in [0.29, 0.717) is 5.92 Å². The van der Waals surface area contributed by atoms with Crippen LogP contribution in [0.5, 0.6) is 5.75 Å². The van der Waals surface area contributed by atoms with Gasteiger partial charge >= 0.3 is 0 Å². The Labute approximate surface area is 104 Å². The molecule has 0 aliphatic rings. The highest BCUT2D eigenvalue weighted by molar-refractivity contribution is 5.46. The Hall–Kier alpha value is -1.22. The van der Waals surface area contributed by atoms with Gasteiger partial charge in [0.05, 0.1) is 6.61 Å². The third-order valence-electron chi connectivity index (χ3n) is 2.73. The molecule has 1 unspecified atom stereocenters. The van der Waals surface area contributed by atoms with Gasteiger partial charge in [-0.05, 0) is 36.6 Å². The summed E-state index contributed by atoms with van der Waals surface area (Å²) in [6.45, 7) is 7.93. The molecular formula is C14H24N2O. The zero-order valence-electron chi connectivity index (χ0n) is 11.1. The van der Waals surface area contributed by atoms with Crippen molar-refractivity contribution in [2.24, 2.45) is 11.7 Å². The molecule has 0 fully saturated rings. The van der Waals surface area contributed by atoms with E-state index in [1.54, 1.807) is 0 Å². The topological polar surface area (TPSA) is 47.3 Å². The second-order valence-corrected chi connectivity index (χ2v) is 4.66. The summed E-state index contributed by atoms with van der Waals surface area (Å²) in [5, 5.41) is 3.33. The number of ether oxygens (including phenoxy) is 1. The molecule has 3 nitrogen and oxygen atoms in total. The third-order valence-corrected chi connectivity index (χ3v) is 2.73. The predicted octanol–water partition coefficient (Wildman–Crippen LogP) is 2.87. The molecule has 0 radical (unpaired) electrons. The molecule has 3 N–H and O–H groups in total. The Morgan fingerprint density at radius 1 is 1.24 bits per heavy atom. The highest BCUT2D eigenvalue weighted by Gasteiger charge is 2.06. The molecule has 0 saturated carbocycles. The van der Waals surface area contributed by atoms with Crippen LogP contribution in [0.2, 0.25) is 0 Å². The number of anilines is 1. The fourth-order valence-corrected chi connectivity index (χ4v) is 1.36. The number of benzene rings is 1. The highest BCUT2D eigenvalue weighted by Crippen LogP contribution is 2.16. The lowest BCUT2D eigenvalue weighted by atomic mass is 10.1. The van der Waals surface area contributed by atoms with Crippen LogP contribution in [-0.2, 0) is 0 Å². The van der Waals surface area contributed by atoms with Gasteiger partial charge < -0.3 is 15.8 Å². The van der Waals surface area contributed by atoms with Crippen molar-refractivity contribution >= 4 is 5.69 Å². The summed E-state index contributed by atoms with van der Waals surface area (Å²) in [4.78, 5) is 0. The van der Waals surface area contributed by atoms with Crippen molar-refractivity contribution in [2.45, 2.75) is 33.2 Å². The van der Waals surface area contributed by atoms with Gasteiger partial charge in [0.25, 0.3) is 0 Å². The third kappa shape index (κ3) is 5.09. The van der Waals surface area contributed by atoms with Gasteiger partial charge in [-0.3, -0.25) is 0 Å². The molecule has 96 valence electrons. The van der Waals surface area contributed by atoms with Crippen LogP contribution in [0.3, 0.4) is 0 Å². The van der Waals surface area contributed by atoms with Gasteiger partial charge in [-0.2, -0.15) is 0 Å². The normalized spacial score (nSPS) is 12.5. The number of nitrogens with one attached hydrogen (secondary N) is 1. The Balaban J connectivity index is 2.40. The van der Waals surface area contributed by atoms with Gasteiger partial charge in [-0.25, -0.2) is 0 Å². The largest absolute Gasteiger partial charge is 0.494 e. The van der Waals surface area contributed by atoms with Gasteiger partial charge in [0.2, 0.25) is 0 Å². The minimum atomic E-state index is 0.186. The van der Waals surface area contributed by atoms with Crippen LogP contribution in [0.25, 0.3) is 0 Å². The average molecular weight is 236 g/mol. The van der Waals surface area contributed by atoms with Crippen LogP contribution in [0.1, 0.15) is 27.2 Å². The monoisotopic (exact) mass is 236 g/mol. The molecule has 0 aliphatic carbocycles. The maximum absolute atomic E-state index is 5.97. The van der Waals surface area contributed by atoms with E-state index in [9.17, 15) is 0 Å². The molecule has 0 aromatic heterocycles. The fourth-order valence-electron chi connectivity index (χ4n) is 1.36. The van der Waals surface area contributed by atoms with E-state index in [1.165, 1.54) is 0 Å². The van der Waals surface area contributed by atoms with Gasteiger partial charge in [0, 0.05) is 18.3 Å². The lowest BCUT2D eigenvalue weighted by Gasteiger charge is -2.17. The number of rotatable bonds is 7. The lowest BCUT2D eigenvalue weighted by Crippen LogP contribution is -2.33. The van der Waals surface area contributed by atoms with Crippen molar-refractivity contribution in [3.63, 3.8) is 0 Å². The lowest BCUT2D eigenvalue weighted by molar-refractivity contribution is 0.317. The molecule has 17 heavy (non-hydrogen) atoms. The number of nitrogens with two attached hydrogens (primary N) is 1. The molecule has 0 aliphatic heterocycles. The van der Waals surface area contributed by atoms with E-state index in [0.717, 1.165) is 31.0 Å². The molecule has 0 spiro atoms. The van der Waals surface area contributed by atoms with Crippen molar-refractivity contribution in [1.29, 1.82) is 0 Å². The second-order valence-electron chi connectivity index (χ2n) is 4.66. The molecule has 1 aromatic carbocycles. The first-order valence-electron chi connectivity index (χ1n) is 6.35. The van der Waals surface area contributed by atoms with Gasteiger partial charge in [0.15, 0.2) is 0 Å². The summed E-state index contributed by atoms with van der Waals surface area (Å²) >= 11 is 0. The van der Waals surface area contributed by atoms with Gasteiger partial charge in [-0.1, -0.05) is 20.8 Å². The SMILES string of the molecule is CCCOc1ccc(NCC(N)C(C)C)cc1. The van der Waals surface area contributed by atoms with E-state index in [4.69, 9.17) is 10.5 Å². The molecule has 3 heteroatoms. The van der Waals surface area contributed by atoms with E-state index < -0.39 is 0 Å². The standard InChI is InChI=1S/C14H24N2O/c1-4-9-17-13-7-5-12(6-8-13)16-10-14(15)11(2)3/h5-8,11,14,16H,4,9-10,15H2,1-3H3. The summed E-state index contributed by atoms with van der Waals surface area (Å²) in [6, 6.07) is 8.21. The van der Waals surface area contributed by atoms with E-state index in [-0.39, 0.29) is 6.04 Å². The summed E-state index contributed by atoms with van der Waals surface area (Å²) in [6.07, 6.45) is 1.03. The van der Waals surface area contributed by atoms with E-state index in [2.05, 4.69) is 26.1 Å². The van der Waals surface area contributed by atoms with E-state index in [1.807, 2.05) is 24.3 Å². The van der Waals surface area contributed by atoms with Crippen LogP contribution in [0, 0.1) is 5.92 Å². The zero-order valence-corrected chi connectivity index (χ0v) is 11.1. The minimum Gasteiger partial charge on any atom is -0.494 e. The molecule has 0 bridgehead atoms. The van der Waals surface area contributed by atoms with Crippen LogP contribution < -0.4 is 15.8 Å². The maximum atomic E-state index is 5.97. The first-order valence-corrected chi connectivity index (χ1v) is 6.35. The van der Waals surface area contributed by atoms with Crippen LogP contribution in [0.4, 0.5) is 5.69 Å². The second kappa shape index (κ2) is 7.17. The predicted molar refractivity (Wildman–Crippen MR) is 73.5 cm³/mol. The minimum absolute atomic E-state index is 0.186. The van der Waals surface area contributed by atoms with Gasteiger partial charge in [-0.15, -0.1) is 0 Å². The van der Waals surface area contributed by atoms with Gasteiger partial charge in [0.1, 0.15) is 5.75 Å². The highest BCUT2D eigenvalue weighted by atomic mass is 16.5. The molecule has 1 aromatic rings. The molecule has 0 amide bonds. The summed E-state index contributed by atoms with van der Waals surface area (Å²) in [7, 11) is 0. The zero-order chi connectivity index (χ0) is 12.7. The smallest absolute Gasteiger partial charge is 0.119 e. The quantitative estimate of drug-likeness (QED) is 0.765. The first-order chi connectivity index (χ1) is 8.13. The van der Waals surface area contributed by atoms with Crippen molar-refractivity contribution in [2.75, 3.05) is 18.5 Å². The molecule has 0 heterocycles. The van der Waals surface area contributed by atoms with Crippen molar-refractivity contribution < 1.29 is 4.74 Å². The Morgan fingerprint density at radius 2 is 1.88 bits per heavy atom. The maximum Gasteiger partial charge on any atom is 0.119 e. The van der Waals surface area contributed by atoms with Crippen molar-refractivity contribution in [3.05, 3.63) is 24.3 Å². The first kappa shape index (κ1) is 13.8.